The molecule has 1 aromatic carbocycles. The lowest BCUT2D eigenvalue weighted by molar-refractivity contribution is 0.0503. The van der Waals surface area contributed by atoms with E-state index in [-0.39, 0.29) is 5.54 Å². The molecule has 31 heavy (non-hydrogen) atoms. The van der Waals surface area contributed by atoms with Crippen molar-refractivity contribution in [2.45, 2.75) is 49.6 Å². The molecule has 0 amide bonds. The summed E-state index contributed by atoms with van der Waals surface area (Å²) in [5.41, 5.74) is 3.33. The van der Waals surface area contributed by atoms with Crippen LogP contribution in [-0.4, -0.2) is 57.1 Å². The highest BCUT2D eigenvalue weighted by atomic mass is 35.5. The summed E-state index contributed by atoms with van der Waals surface area (Å²) < 4.78 is 0. The first-order valence-electron chi connectivity index (χ1n) is 11.5. The highest BCUT2D eigenvalue weighted by Gasteiger charge is 2.53. The number of hydrogen-bond donors (Lipinski definition) is 3. The lowest BCUT2D eigenvalue weighted by atomic mass is 9.77. The molecule has 2 aliphatic carbocycles. The average molecular weight is 437 g/mol. The Morgan fingerprint density at radius 2 is 1.94 bits per heavy atom. The van der Waals surface area contributed by atoms with Crippen LogP contribution in [0.1, 0.15) is 38.5 Å². The Hall–Kier alpha value is -2.15. The zero-order valence-corrected chi connectivity index (χ0v) is 18.5. The number of fused-ring (bicyclic) bond motifs is 3. The number of piperazine rings is 1. The van der Waals surface area contributed by atoms with Crippen LogP contribution in [0.3, 0.4) is 0 Å². The molecule has 2 saturated carbocycles. The third-order valence-electron chi connectivity index (χ3n) is 7.79. The fourth-order valence-corrected chi connectivity index (χ4v) is 6.51. The van der Waals surface area contributed by atoms with Gasteiger partial charge in [-0.15, -0.1) is 0 Å². The Labute approximate surface area is 187 Å². The topological polar surface area (TPSA) is 68.9 Å². The molecule has 1 unspecified atom stereocenters. The fraction of sp³-hybridized carbons (Fsp3) is 0.500. The molecule has 1 saturated heterocycles. The second-order valence-corrected chi connectivity index (χ2v) is 9.94. The lowest BCUT2D eigenvalue weighted by Gasteiger charge is -2.48. The van der Waals surface area contributed by atoms with Gasteiger partial charge in [-0.05, 0) is 44.6 Å². The predicted octanol–water partition coefficient (Wildman–Crippen LogP) is 4.44. The van der Waals surface area contributed by atoms with E-state index < -0.39 is 0 Å². The summed E-state index contributed by atoms with van der Waals surface area (Å²) in [6.07, 6.45) is 11.1. The summed E-state index contributed by atoms with van der Waals surface area (Å²) in [5, 5.41) is 9.01. The van der Waals surface area contributed by atoms with Crippen LogP contribution < -0.4 is 10.6 Å². The summed E-state index contributed by atoms with van der Waals surface area (Å²) in [7, 11) is 0. The van der Waals surface area contributed by atoms with Gasteiger partial charge in [0.2, 0.25) is 5.95 Å². The number of aromatic amines is 1. The Morgan fingerprint density at radius 3 is 2.84 bits per heavy atom. The van der Waals surface area contributed by atoms with E-state index in [1.54, 1.807) is 6.20 Å². The Morgan fingerprint density at radius 1 is 1.06 bits per heavy atom. The van der Waals surface area contributed by atoms with E-state index in [9.17, 15) is 0 Å². The molecule has 3 heterocycles. The average Bonchev–Trinajstić information content (AvgIpc) is 3.35. The number of para-hydroxylation sites is 1. The number of nitrogens with one attached hydrogen (secondary N) is 3. The predicted molar refractivity (Wildman–Crippen MR) is 126 cm³/mol. The molecule has 2 aromatic heterocycles. The molecule has 162 valence electrons. The maximum absolute atomic E-state index is 6.55. The van der Waals surface area contributed by atoms with E-state index in [4.69, 9.17) is 16.6 Å². The lowest BCUT2D eigenvalue weighted by Crippen LogP contribution is -2.57. The third kappa shape index (κ3) is 3.32. The van der Waals surface area contributed by atoms with Crippen LogP contribution in [0.2, 0.25) is 5.02 Å². The molecule has 2 bridgehead atoms. The minimum atomic E-state index is 0.0917. The summed E-state index contributed by atoms with van der Waals surface area (Å²) in [5.74, 6) is 0.697. The Balaban J connectivity index is 1.29. The molecule has 3 N–H and O–H groups in total. The van der Waals surface area contributed by atoms with Crippen LogP contribution in [0.25, 0.3) is 22.2 Å². The van der Waals surface area contributed by atoms with Gasteiger partial charge in [0.1, 0.15) is 0 Å². The van der Waals surface area contributed by atoms with Gasteiger partial charge in [-0.2, -0.15) is 0 Å². The van der Waals surface area contributed by atoms with Crippen molar-refractivity contribution in [3.8, 4) is 11.3 Å². The molecule has 3 aromatic rings. The summed E-state index contributed by atoms with van der Waals surface area (Å²) >= 11 is 6.55. The molecule has 1 aliphatic heterocycles. The van der Waals surface area contributed by atoms with Crippen LogP contribution in [0.15, 0.2) is 36.7 Å². The van der Waals surface area contributed by atoms with Crippen molar-refractivity contribution >= 4 is 28.5 Å². The number of aromatic nitrogens is 3. The molecule has 3 fully saturated rings. The van der Waals surface area contributed by atoms with Gasteiger partial charge in [0.15, 0.2) is 0 Å². The molecule has 6 nitrogen and oxygen atoms in total. The zero-order chi connectivity index (χ0) is 20.9. The van der Waals surface area contributed by atoms with Crippen molar-refractivity contribution in [1.82, 2.24) is 25.2 Å². The van der Waals surface area contributed by atoms with E-state index in [1.165, 1.54) is 38.5 Å². The number of halogens is 1. The normalized spacial score (nSPS) is 28.8. The maximum Gasteiger partial charge on any atom is 0.223 e. The van der Waals surface area contributed by atoms with Gasteiger partial charge in [-0.25, -0.2) is 9.97 Å². The number of anilines is 1. The quantitative estimate of drug-likeness (QED) is 0.564. The summed E-state index contributed by atoms with van der Waals surface area (Å²) in [4.78, 5) is 15.6. The van der Waals surface area contributed by atoms with Gasteiger partial charge in [-0.1, -0.05) is 29.8 Å². The smallest absolute Gasteiger partial charge is 0.223 e. The van der Waals surface area contributed by atoms with Crippen molar-refractivity contribution in [2.24, 2.45) is 0 Å². The van der Waals surface area contributed by atoms with E-state index in [2.05, 4.69) is 37.6 Å². The molecule has 0 radical (unpaired) electrons. The Kier molecular flexibility index (Phi) is 4.70. The van der Waals surface area contributed by atoms with Crippen molar-refractivity contribution < 1.29 is 0 Å². The Bertz CT molecular complexity index is 1110. The minimum Gasteiger partial charge on any atom is -0.360 e. The second kappa shape index (κ2) is 7.47. The van der Waals surface area contributed by atoms with Crippen molar-refractivity contribution in [2.75, 3.05) is 31.5 Å². The van der Waals surface area contributed by atoms with E-state index in [0.717, 1.165) is 48.3 Å². The molecule has 7 heteroatoms. The number of nitrogens with zero attached hydrogens (tertiary/aromatic N) is 3. The first-order valence-corrected chi connectivity index (χ1v) is 11.9. The molecule has 3 aliphatic rings. The second-order valence-electron chi connectivity index (χ2n) is 9.54. The number of H-pyrrole nitrogens is 1. The third-order valence-corrected chi connectivity index (χ3v) is 8.06. The van der Waals surface area contributed by atoms with Crippen LogP contribution in [0.4, 0.5) is 5.95 Å². The van der Waals surface area contributed by atoms with Crippen LogP contribution in [0, 0.1) is 0 Å². The van der Waals surface area contributed by atoms with Crippen molar-refractivity contribution in [1.29, 1.82) is 0 Å². The summed E-state index contributed by atoms with van der Waals surface area (Å²) in [6.45, 7) is 4.55. The van der Waals surface area contributed by atoms with Crippen LogP contribution >= 0.6 is 11.6 Å². The fourth-order valence-electron chi connectivity index (χ4n) is 6.32. The molecular weight excluding hydrogens is 408 g/mol. The number of benzene rings is 1. The minimum absolute atomic E-state index is 0.0917. The maximum atomic E-state index is 6.55. The van der Waals surface area contributed by atoms with Gasteiger partial charge in [0.05, 0.1) is 16.9 Å². The standard InChI is InChI=1S/C24H29ClN6/c25-19-15-28-22(29-21(19)18-14-27-20-5-2-1-4-17(18)20)30-23-6-3-7-24(16-23,9-8-23)31-12-10-26-11-13-31/h1-2,4-5,14-15,26-27H,3,6-13,16H2,(H,28,29,30)/t23?,24-/m0/s1. The molecule has 0 spiro atoms. The summed E-state index contributed by atoms with van der Waals surface area (Å²) in [6, 6.07) is 8.25. The van der Waals surface area contributed by atoms with Gasteiger partial charge >= 0.3 is 0 Å². The molecular formula is C24H29ClN6. The number of hydrogen-bond acceptors (Lipinski definition) is 5. The van der Waals surface area contributed by atoms with Gasteiger partial charge in [0.25, 0.3) is 0 Å². The van der Waals surface area contributed by atoms with Crippen LogP contribution in [-0.2, 0) is 0 Å². The van der Waals surface area contributed by atoms with Gasteiger partial charge in [-0.3, -0.25) is 4.90 Å². The van der Waals surface area contributed by atoms with E-state index in [1.807, 2.05) is 18.3 Å². The van der Waals surface area contributed by atoms with Gasteiger partial charge in [0, 0.05) is 59.9 Å². The van der Waals surface area contributed by atoms with E-state index >= 15 is 0 Å². The zero-order valence-electron chi connectivity index (χ0n) is 17.8. The highest BCUT2D eigenvalue weighted by Crippen LogP contribution is 2.52. The SMILES string of the molecule is Clc1cnc(NC23CCC[C@](N4CCNCC4)(CC2)C3)nc1-c1c[nH]c2ccccc12. The molecule has 2 atom stereocenters. The number of rotatable bonds is 4. The van der Waals surface area contributed by atoms with Crippen LogP contribution in [0.5, 0.6) is 0 Å². The monoisotopic (exact) mass is 436 g/mol. The highest BCUT2D eigenvalue weighted by molar-refractivity contribution is 6.33. The van der Waals surface area contributed by atoms with Crippen molar-refractivity contribution in [3.05, 3.63) is 41.7 Å². The molecule has 6 rings (SSSR count). The largest absolute Gasteiger partial charge is 0.360 e. The van der Waals surface area contributed by atoms with Gasteiger partial charge < -0.3 is 15.6 Å². The first kappa shape index (κ1) is 19.5. The van der Waals surface area contributed by atoms with E-state index in [0.29, 0.717) is 16.5 Å². The van der Waals surface area contributed by atoms with Crippen molar-refractivity contribution in [3.63, 3.8) is 0 Å². The first-order chi connectivity index (χ1) is 15.2.